The Bertz CT molecular complexity index is 1310. The van der Waals surface area contributed by atoms with Crippen LogP contribution < -0.4 is 0 Å². The SMILES string of the molecule is CC(C)[C@@H](C(=O)OC(c1cccc2ccccc12)c1cccc2ccccc12)n1cccc1. The van der Waals surface area contributed by atoms with E-state index in [1.165, 1.54) is 0 Å². The van der Waals surface area contributed by atoms with E-state index in [-0.39, 0.29) is 11.9 Å². The Labute approximate surface area is 194 Å². The summed E-state index contributed by atoms with van der Waals surface area (Å²) in [5.41, 5.74) is 1.99. The summed E-state index contributed by atoms with van der Waals surface area (Å²) in [5.74, 6) is -0.141. The summed E-state index contributed by atoms with van der Waals surface area (Å²) in [6, 6.07) is 32.4. The van der Waals surface area contributed by atoms with Gasteiger partial charge in [-0.15, -0.1) is 0 Å². The smallest absolute Gasteiger partial charge is 0.330 e. The molecular weight excluding hydrogens is 406 g/mol. The van der Waals surface area contributed by atoms with Gasteiger partial charge in [-0.1, -0.05) is 98.8 Å². The van der Waals surface area contributed by atoms with E-state index in [9.17, 15) is 4.79 Å². The summed E-state index contributed by atoms with van der Waals surface area (Å²) in [5, 5.41) is 4.44. The molecule has 0 N–H and O–H groups in total. The molecule has 0 aliphatic carbocycles. The molecule has 0 aliphatic heterocycles. The summed E-state index contributed by atoms with van der Waals surface area (Å²) in [6.07, 6.45) is 3.33. The highest BCUT2D eigenvalue weighted by molar-refractivity contribution is 5.90. The van der Waals surface area contributed by atoms with Crippen molar-refractivity contribution >= 4 is 27.5 Å². The van der Waals surface area contributed by atoms with E-state index in [4.69, 9.17) is 4.74 Å². The van der Waals surface area contributed by atoms with Crippen molar-refractivity contribution in [1.29, 1.82) is 0 Å². The number of benzene rings is 4. The lowest BCUT2D eigenvalue weighted by Gasteiger charge is -2.27. The highest BCUT2D eigenvalue weighted by atomic mass is 16.5. The number of nitrogens with zero attached hydrogens (tertiary/aromatic N) is 1. The molecule has 5 rings (SSSR count). The van der Waals surface area contributed by atoms with Gasteiger partial charge in [0.25, 0.3) is 0 Å². The van der Waals surface area contributed by atoms with Crippen LogP contribution in [0.15, 0.2) is 109 Å². The van der Waals surface area contributed by atoms with Gasteiger partial charge in [-0.2, -0.15) is 0 Å². The fraction of sp³-hybridized carbons (Fsp3) is 0.167. The first-order chi connectivity index (χ1) is 16.1. The molecule has 33 heavy (non-hydrogen) atoms. The second-order valence-electron chi connectivity index (χ2n) is 8.77. The van der Waals surface area contributed by atoms with E-state index < -0.39 is 12.1 Å². The minimum atomic E-state index is -0.522. The van der Waals surface area contributed by atoms with E-state index in [0.29, 0.717) is 0 Å². The molecule has 0 saturated carbocycles. The number of esters is 1. The second kappa shape index (κ2) is 8.95. The summed E-state index contributed by atoms with van der Waals surface area (Å²) < 4.78 is 8.37. The molecule has 1 atom stereocenters. The molecule has 1 aromatic heterocycles. The van der Waals surface area contributed by atoms with Crippen molar-refractivity contribution in [3.63, 3.8) is 0 Å². The van der Waals surface area contributed by atoms with Gasteiger partial charge in [0.05, 0.1) is 0 Å². The van der Waals surface area contributed by atoms with E-state index in [0.717, 1.165) is 32.7 Å². The molecule has 5 aromatic rings. The molecule has 0 saturated heterocycles. The van der Waals surface area contributed by atoms with Gasteiger partial charge in [-0.05, 0) is 39.6 Å². The molecule has 0 aliphatic rings. The fourth-order valence-corrected chi connectivity index (χ4v) is 4.71. The third-order valence-corrected chi connectivity index (χ3v) is 6.27. The number of ether oxygens (including phenoxy) is 1. The number of hydrogen-bond donors (Lipinski definition) is 0. The van der Waals surface area contributed by atoms with E-state index in [1.807, 2.05) is 65.5 Å². The van der Waals surface area contributed by atoms with E-state index in [2.05, 4.69) is 62.4 Å². The summed E-state index contributed by atoms with van der Waals surface area (Å²) in [4.78, 5) is 13.7. The number of rotatable bonds is 6. The van der Waals surface area contributed by atoms with Crippen LogP contribution in [-0.4, -0.2) is 10.5 Å². The van der Waals surface area contributed by atoms with Crippen LogP contribution in [0.4, 0.5) is 0 Å². The average molecular weight is 434 g/mol. The lowest BCUT2D eigenvalue weighted by Crippen LogP contribution is -2.27. The van der Waals surface area contributed by atoms with Gasteiger partial charge < -0.3 is 9.30 Å². The Kier molecular flexibility index (Phi) is 5.70. The zero-order valence-electron chi connectivity index (χ0n) is 18.9. The molecule has 0 unspecified atom stereocenters. The quantitative estimate of drug-likeness (QED) is 0.263. The van der Waals surface area contributed by atoms with Gasteiger partial charge in [0, 0.05) is 23.5 Å². The zero-order chi connectivity index (χ0) is 22.8. The molecule has 0 bridgehead atoms. The Morgan fingerprint density at radius 2 is 1.15 bits per heavy atom. The lowest BCUT2D eigenvalue weighted by atomic mass is 9.92. The Morgan fingerprint density at radius 1 is 0.667 bits per heavy atom. The summed E-state index contributed by atoms with van der Waals surface area (Å²) in [7, 11) is 0. The van der Waals surface area contributed by atoms with Crippen molar-refractivity contribution < 1.29 is 9.53 Å². The standard InChI is InChI=1S/C30H27NO2/c1-21(2)28(31-19-7-8-20-31)30(32)33-29(26-17-9-13-22-11-3-5-15-24(22)26)27-18-10-14-23-12-4-6-16-25(23)27/h3-21,28-29H,1-2H3/t28-/m0/s1. The molecule has 3 nitrogen and oxygen atoms in total. The predicted molar refractivity (Wildman–Crippen MR) is 134 cm³/mol. The first kappa shape index (κ1) is 21.0. The van der Waals surface area contributed by atoms with Crippen LogP contribution in [0.2, 0.25) is 0 Å². The molecule has 0 fully saturated rings. The average Bonchev–Trinajstić information content (AvgIpc) is 3.36. The molecule has 0 radical (unpaired) electrons. The van der Waals surface area contributed by atoms with Crippen LogP contribution in [0, 0.1) is 5.92 Å². The lowest BCUT2D eigenvalue weighted by molar-refractivity contribution is -0.153. The molecule has 3 heteroatoms. The minimum absolute atomic E-state index is 0.0885. The Balaban J connectivity index is 1.67. The number of carbonyl (C=O) groups is 1. The van der Waals surface area contributed by atoms with Crippen LogP contribution in [0.25, 0.3) is 21.5 Å². The molecular formula is C30H27NO2. The predicted octanol–water partition coefficient (Wildman–Crippen LogP) is 7.32. The monoisotopic (exact) mass is 433 g/mol. The number of aromatic nitrogens is 1. The third kappa shape index (κ3) is 4.03. The van der Waals surface area contributed by atoms with Crippen LogP contribution in [0.1, 0.15) is 37.1 Å². The Hall–Kier alpha value is -3.85. The number of fused-ring (bicyclic) bond motifs is 2. The van der Waals surface area contributed by atoms with Gasteiger partial charge in [-0.3, -0.25) is 0 Å². The third-order valence-electron chi connectivity index (χ3n) is 6.27. The Morgan fingerprint density at radius 3 is 1.67 bits per heavy atom. The maximum absolute atomic E-state index is 13.7. The van der Waals surface area contributed by atoms with Crippen molar-refractivity contribution in [1.82, 2.24) is 4.57 Å². The van der Waals surface area contributed by atoms with Crippen molar-refractivity contribution in [2.45, 2.75) is 26.0 Å². The van der Waals surface area contributed by atoms with Crippen LogP contribution in [-0.2, 0) is 9.53 Å². The molecule has 164 valence electrons. The maximum Gasteiger partial charge on any atom is 0.330 e. The topological polar surface area (TPSA) is 31.2 Å². The van der Waals surface area contributed by atoms with Crippen molar-refractivity contribution in [3.8, 4) is 0 Å². The number of carbonyl (C=O) groups excluding carboxylic acids is 1. The molecule has 0 amide bonds. The van der Waals surface area contributed by atoms with Crippen LogP contribution in [0.5, 0.6) is 0 Å². The van der Waals surface area contributed by atoms with Gasteiger partial charge in [0.15, 0.2) is 6.10 Å². The van der Waals surface area contributed by atoms with Crippen LogP contribution >= 0.6 is 0 Å². The molecule has 1 heterocycles. The summed E-state index contributed by atoms with van der Waals surface area (Å²) in [6.45, 7) is 4.10. The van der Waals surface area contributed by atoms with Gasteiger partial charge in [-0.25, -0.2) is 4.79 Å². The minimum Gasteiger partial charge on any atom is -0.451 e. The van der Waals surface area contributed by atoms with Crippen molar-refractivity contribution in [3.05, 3.63) is 121 Å². The van der Waals surface area contributed by atoms with Crippen molar-refractivity contribution in [2.24, 2.45) is 5.92 Å². The maximum atomic E-state index is 13.7. The largest absolute Gasteiger partial charge is 0.451 e. The molecule has 0 spiro atoms. The normalized spacial score (nSPS) is 12.5. The first-order valence-electron chi connectivity index (χ1n) is 11.4. The van der Waals surface area contributed by atoms with E-state index >= 15 is 0 Å². The summed E-state index contributed by atoms with van der Waals surface area (Å²) >= 11 is 0. The van der Waals surface area contributed by atoms with Gasteiger partial charge in [0.1, 0.15) is 6.04 Å². The van der Waals surface area contributed by atoms with E-state index in [1.54, 1.807) is 0 Å². The zero-order valence-corrected chi connectivity index (χ0v) is 18.9. The highest BCUT2D eigenvalue weighted by Crippen LogP contribution is 2.37. The second-order valence-corrected chi connectivity index (χ2v) is 8.77. The molecule has 4 aromatic carbocycles. The first-order valence-corrected chi connectivity index (χ1v) is 11.4. The van der Waals surface area contributed by atoms with Gasteiger partial charge >= 0.3 is 5.97 Å². The van der Waals surface area contributed by atoms with Crippen LogP contribution in [0.3, 0.4) is 0 Å². The fourth-order valence-electron chi connectivity index (χ4n) is 4.71. The highest BCUT2D eigenvalue weighted by Gasteiger charge is 2.30. The number of hydrogen-bond acceptors (Lipinski definition) is 2. The van der Waals surface area contributed by atoms with Gasteiger partial charge in [0.2, 0.25) is 0 Å². The van der Waals surface area contributed by atoms with Crippen molar-refractivity contribution in [2.75, 3.05) is 0 Å².